The lowest BCUT2D eigenvalue weighted by Crippen LogP contribution is -2.27. The van der Waals surface area contributed by atoms with Crippen molar-refractivity contribution in [3.05, 3.63) is 74.0 Å². The minimum Gasteiger partial charge on any atom is -0.492 e. The molecule has 0 bridgehead atoms. The van der Waals surface area contributed by atoms with Crippen LogP contribution in [-0.2, 0) is 6.54 Å². The van der Waals surface area contributed by atoms with Gasteiger partial charge in [0.1, 0.15) is 12.4 Å². The molecule has 1 aromatic heterocycles. The van der Waals surface area contributed by atoms with Gasteiger partial charge in [0.15, 0.2) is 0 Å². The molecule has 6 heteroatoms. The number of halogens is 1. The maximum atomic E-state index is 11.9. The van der Waals surface area contributed by atoms with Gasteiger partial charge in [0, 0.05) is 4.47 Å². The average Bonchev–Trinajstić information content (AvgIpc) is 2.52. The molecular formula is C16H12BrNO4. The summed E-state index contributed by atoms with van der Waals surface area (Å²) < 4.78 is 12.7. The van der Waals surface area contributed by atoms with E-state index in [1.54, 1.807) is 24.3 Å². The number of aromatic nitrogens is 1. The quantitative estimate of drug-likeness (QED) is 0.716. The molecule has 1 heterocycles. The molecule has 0 unspecified atom stereocenters. The second-order valence-electron chi connectivity index (χ2n) is 4.63. The van der Waals surface area contributed by atoms with Gasteiger partial charge in [-0.05, 0) is 36.4 Å². The van der Waals surface area contributed by atoms with Crippen LogP contribution in [0.15, 0.2) is 67.0 Å². The molecule has 0 aliphatic carbocycles. The van der Waals surface area contributed by atoms with Crippen molar-refractivity contribution in [2.45, 2.75) is 6.54 Å². The zero-order valence-electron chi connectivity index (χ0n) is 11.5. The summed E-state index contributed by atoms with van der Waals surface area (Å²) in [6.45, 7) is 0.582. The number of rotatable bonds is 4. The third kappa shape index (κ3) is 2.96. The SMILES string of the molecule is O=c1oc(=O)n(CCOc2ccc(Br)cc2)c2ccccc12. The summed E-state index contributed by atoms with van der Waals surface area (Å²) in [6, 6.07) is 14.3. The third-order valence-electron chi connectivity index (χ3n) is 3.21. The van der Waals surface area contributed by atoms with E-state index in [2.05, 4.69) is 15.9 Å². The van der Waals surface area contributed by atoms with Gasteiger partial charge in [-0.1, -0.05) is 28.1 Å². The first-order chi connectivity index (χ1) is 10.6. The van der Waals surface area contributed by atoms with Crippen LogP contribution in [0.3, 0.4) is 0 Å². The van der Waals surface area contributed by atoms with Gasteiger partial charge >= 0.3 is 11.4 Å². The van der Waals surface area contributed by atoms with Gasteiger partial charge < -0.3 is 9.15 Å². The van der Waals surface area contributed by atoms with Crippen molar-refractivity contribution in [3.8, 4) is 5.75 Å². The van der Waals surface area contributed by atoms with E-state index in [4.69, 9.17) is 9.15 Å². The minimum atomic E-state index is -0.678. The summed E-state index contributed by atoms with van der Waals surface area (Å²) in [5.41, 5.74) is -0.0752. The Kier molecular flexibility index (Phi) is 4.11. The molecule has 3 aromatic rings. The van der Waals surface area contributed by atoms with Crippen LogP contribution in [0.5, 0.6) is 5.75 Å². The monoisotopic (exact) mass is 361 g/mol. The van der Waals surface area contributed by atoms with Crippen molar-refractivity contribution >= 4 is 26.8 Å². The lowest BCUT2D eigenvalue weighted by Gasteiger charge is -2.10. The molecule has 0 N–H and O–H groups in total. The van der Waals surface area contributed by atoms with Gasteiger partial charge in [-0.3, -0.25) is 4.57 Å². The standard InChI is InChI=1S/C16H12BrNO4/c17-11-5-7-12(8-6-11)21-10-9-18-14-4-2-1-3-13(14)15(19)22-16(18)20/h1-8H,9-10H2. The lowest BCUT2D eigenvalue weighted by molar-refractivity contribution is 0.287. The predicted octanol–water partition coefficient (Wildman–Crippen LogP) is 2.80. The molecule has 22 heavy (non-hydrogen) atoms. The van der Waals surface area contributed by atoms with Crippen molar-refractivity contribution < 1.29 is 9.15 Å². The summed E-state index contributed by atoms with van der Waals surface area (Å²) >= 11 is 3.35. The minimum absolute atomic E-state index is 0.291. The molecular weight excluding hydrogens is 350 g/mol. The van der Waals surface area contributed by atoms with Crippen LogP contribution in [0.25, 0.3) is 10.9 Å². The number of hydrogen-bond donors (Lipinski definition) is 0. The molecule has 0 saturated heterocycles. The van der Waals surface area contributed by atoms with Gasteiger partial charge in [-0.15, -0.1) is 0 Å². The molecule has 3 rings (SSSR count). The Labute approximate surface area is 133 Å². The second kappa shape index (κ2) is 6.19. The molecule has 0 atom stereocenters. The maximum absolute atomic E-state index is 11.9. The van der Waals surface area contributed by atoms with Gasteiger partial charge in [-0.25, -0.2) is 9.59 Å². The second-order valence-corrected chi connectivity index (χ2v) is 5.54. The molecule has 0 saturated carbocycles. The number of para-hydroxylation sites is 1. The van der Waals surface area contributed by atoms with Crippen molar-refractivity contribution in [1.82, 2.24) is 4.57 Å². The number of hydrogen-bond acceptors (Lipinski definition) is 4. The van der Waals surface area contributed by atoms with Crippen LogP contribution in [-0.4, -0.2) is 11.2 Å². The van der Waals surface area contributed by atoms with E-state index in [1.165, 1.54) is 4.57 Å². The first kappa shape index (κ1) is 14.6. The lowest BCUT2D eigenvalue weighted by atomic mass is 10.2. The smallest absolute Gasteiger partial charge is 0.422 e. The van der Waals surface area contributed by atoms with Crippen LogP contribution < -0.4 is 16.1 Å². The van der Waals surface area contributed by atoms with Gasteiger partial charge in [0.25, 0.3) is 0 Å². The summed E-state index contributed by atoms with van der Waals surface area (Å²) in [6.07, 6.45) is 0. The molecule has 112 valence electrons. The van der Waals surface area contributed by atoms with Gasteiger partial charge in [-0.2, -0.15) is 0 Å². The van der Waals surface area contributed by atoms with Crippen molar-refractivity contribution in [2.75, 3.05) is 6.61 Å². The zero-order valence-corrected chi connectivity index (χ0v) is 13.1. The zero-order chi connectivity index (χ0) is 15.5. The number of fused-ring (bicyclic) bond motifs is 1. The Morgan fingerprint density at radius 1 is 1.05 bits per heavy atom. The van der Waals surface area contributed by atoms with Crippen molar-refractivity contribution in [3.63, 3.8) is 0 Å². The van der Waals surface area contributed by atoms with E-state index in [0.29, 0.717) is 29.8 Å². The van der Waals surface area contributed by atoms with Crippen LogP contribution in [0.4, 0.5) is 0 Å². The largest absolute Gasteiger partial charge is 0.492 e. The van der Waals surface area contributed by atoms with Crippen LogP contribution in [0, 0.1) is 0 Å². The highest BCUT2D eigenvalue weighted by atomic mass is 79.9. The van der Waals surface area contributed by atoms with Crippen LogP contribution in [0.2, 0.25) is 0 Å². The molecule has 0 aliphatic heterocycles. The fourth-order valence-electron chi connectivity index (χ4n) is 2.17. The molecule has 2 aromatic carbocycles. The Hall–Kier alpha value is -2.34. The first-order valence-electron chi connectivity index (χ1n) is 6.66. The first-order valence-corrected chi connectivity index (χ1v) is 7.45. The normalized spacial score (nSPS) is 10.8. The molecule has 0 amide bonds. The van der Waals surface area contributed by atoms with E-state index >= 15 is 0 Å². The molecule has 5 nitrogen and oxygen atoms in total. The van der Waals surface area contributed by atoms with E-state index < -0.39 is 11.4 Å². The predicted molar refractivity (Wildman–Crippen MR) is 86.4 cm³/mol. The fraction of sp³-hybridized carbons (Fsp3) is 0.125. The Morgan fingerprint density at radius 3 is 2.55 bits per heavy atom. The van der Waals surface area contributed by atoms with Gasteiger partial charge in [0.2, 0.25) is 0 Å². The van der Waals surface area contributed by atoms with E-state index in [0.717, 1.165) is 4.47 Å². The number of nitrogens with zero attached hydrogens (tertiary/aromatic N) is 1. The number of benzene rings is 2. The fourth-order valence-corrected chi connectivity index (χ4v) is 2.43. The van der Waals surface area contributed by atoms with Gasteiger partial charge in [0.05, 0.1) is 17.4 Å². The van der Waals surface area contributed by atoms with E-state index in [1.807, 2.05) is 24.3 Å². The summed E-state index contributed by atoms with van der Waals surface area (Å²) in [5, 5.41) is 0.380. The summed E-state index contributed by atoms with van der Waals surface area (Å²) in [7, 11) is 0. The Balaban J connectivity index is 1.83. The average molecular weight is 362 g/mol. The highest BCUT2D eigenvalue weighted by molar-refractivity contribution is 9.10. The maximum Gasteiger partial charge on any atom is 0.422 e. The van der Waals surface area contributed by atoms with Crippen molar-refractivity contribution in [1.29, 1.82) is 0 Å². The van der Waals surface area contributed by atoms with Crippen LogP contribution in [0.1, 0.15) is 0 Å². The molecule has 0 aliphatic rings. The topological polar surface area (TPSA) is 61.4 Å². The number of ether oxygens (including phenoxy) is 1. The molecule has 0 spiro atoms. The summed E-state index contributed by atoms with van der Waals surface area (Å²) in [4.78, 5) is 23.5. The van der Waals surface area contributed by atoms with E-state index in [9.17, 15) is 9.59 Å². The summed E-state index contributed by atoms with van der Waals surface area (Å²) in [5.74, 6) is 0.0287. The Morgan fingerprint density at radius 2 is 1.77 bits per heavy atom. The Bertz CT molecular complexity index is 912. The molecule has 0 radical (unpaired) electrons. The molecule has 0 fully saturated rings. The third-order valence-corrected chi connectivity index (χ3v) is 3.74. The van der Waals surface area contributed by atoms with Crippen LogP contribution >= 0.6 is 15.9 Å². The highest BCUT2D eigenvalue weighted by Crippen LogP contribution is 2.16. The van der Waals surface area contributed by atoms with Crippen molar-refractivity contribution in [2.24, 2.45) is 0 Å². The highest BCUT2D eigenvalue weighted by Gasteiger charge is 2.08. The van der Waals surface area contributed by atoms with E-state index in [-0.39, 0.29) is 0 Å².